The summed E-state index contributed by atoms with van der Waals surface area (Å²) < 4.78 is 12.8. The number of halogens is 1. The Morgan fingerprint density at radius 3 is 2.47 bits per heavy atom. The van der Waals surface area contributed by atoms with Gasteiger partial charge in [0.1, 0.15) is 5.82 Å². The fourth-order valence-corrected chi connectivity index (χ4v) is 2.12. The second kappa shape index (κ2) is 3.33. The minimum absolute atomic E-state index is 0.0642. The SMILES string of the molecule is CC1NC(=O)CC1(C)c1ccc(F)cc1. The van der Waals surface area contributed by atoms with Crippen molar-refractivity contribution in [3.63, 3.8) is 0 Å². The Balaban J connectivity index is 2.37. The van der Waals surface area contributed by atoms with Crippen LogP contribution in [0.5, 0.6) is 0 Å². The number of nitrogens with one attached hydrogen (secondary N) is 1. The summed E-state index contributed by atoms with van der Waals surface area (Å²) in [7, 11) is 0. The van der Waals surface area contributed by atoms with Crippen molar-refractivity contribution >= 4 is 5.91 Å². The number of rotatable bonds is 1. The second-order valence-corrected chi connectivity index (χ2v) is 4.39. The van der Waals surface area contributed by atoms with E-state index in [4.69, 9.17) is 0 Å². The molecular weight excluding hydrogens is 193 g/mol. The summed E-state index contributed by atoms with van der Waals surface area (Å²) >= 11 is 0. The van der Waals surface area contributed by atoms with Crippen molar-refractivity contribution in [1.82, 2.24) is 5.32 Å². The smallest absolute Gasteiger partial charge is 0.221 e. The molecule has 0 aliphatic carbocycles. The van der Waals surface area contributed by atoms with E-state index in [1.54, 1.807) is 12.1 Å². The van der Waals surface area contributed by atoms with Crippen LogP contribution < -0.4 is 5.32 Å². The lowest BCUT2D eigenvalue weighted by Gasteiger charge is -2.27. The van der Waals surface area contributed by atoms with Gasteiger partial charge in [-0.2, -0.15) is 0 Å². The van der Waals surface area contributed by atoms with Crippen molar-refractivity contribution < 1.29 is 9.18 Å². The maximum Gasteiger partial charge on any atom is 0.221 e. The zero-order valence-corrected chi connectivity index (χ0v) is 8.88. The molecule has 2 atom stereocenters. The first-order chi connectivity index (χ1) is 7.02. The average Bonchev–Trinajstić information content (AvgIpc) is 2.42. The van der Waals surface area contributed by atoms with Gasteiger partial charge < -0.3 is 5.32 Å². The number of benzene rings is 1. The lowest BCUT2D eigenvalue weighted by atomic mass is 9.77. The number of hydrogen-bond donors (Lipinski definition) is 1. The van der Waals surface area contributed by atoms with E-state index < -0.39 is 0 Å². The van der Waals surface area contributed by atoms with E-state index in [0.717, 1.165) is 5.56 Å². The lowest BCUT2D eigenvalue weighted by molar-refractivity contribution is -0.119. The maximum atomic E-state index is 12.8. The molecule has 1 N–H and O–H groups in total. The van der Waals surface area contributed by atoms with Gasteiger partial charge in [-0.15, -0.1) is 0 Å². The number of carbonyl (C=O) groups is 1. The van der Waals surface area contributed by atoms with Crippen LogP contribution in [0.3, 0.4) is 0 Å². The van der Waals surface area contributed by atoms with Crippen molar-refractivity contribution in [3.8, 4) is 0 Å². The largest absolute Gasteiger partial charge is 0.353 e. The van der Waals surface area contributed by atoms with Crippen LogP contribution in [0.15, 0.2) is 24.3 Å². The van der Waals surface area contributed by atoms with Gasteiger partial charge in [0.25, 0.3) is 0 Å². The van der Waals surface area contributed by atoms with Crippen molar-refractivity contribution in [2.24, 2.45) is 0 Å². The first-order valence-corrected chi connectivity index (χ1v) is 5.08. The Bertz CT molecular complexity index is 387. The molecule has 2 nitrogen and oxygen atoms in total. The van der Waals surface area contributed by atoms with E-state index in [0.29, 0.717) is 6.42 Å². The van der Waals surface area contributed by atoms with E-state index in [1.165, 1.54) is 12.1 Å². The zero-order valence-electron chi connectivity index (χ0n) is 8.88. The minimum atomic E-state index is -0.243. The summed E-state index contributed by atoms with van der Waals surface area (Å²) in [5, 5.41) is 2.89. The van der Waals surface area contributed by atoms with Crippen LogP contribution in [0.1, 0.15) is 25.8 Å². The third-order valence-electron chi connectivity index (χ3n) is 3.36. The molecule has 0 saturated carbocycles. The molecule has 3 heteroatoms. The lowest BCUT2D eigenvalue weighted by Crippen LogP contribution is -2.35. The first-order valence-electron chi connectivity index (χ1n) is 5.08. The first kappa shape index (κ1) is 10.1. The van der Waals surface area contributed by atoms with Gasteiger partial charge in [-0.3, -0.25) is 4.79 Å². The van der Waals surface area contributed by atoms with E-state index in [-0.39, 0.29) is 23.2 Å². The molecule has 1 saturated heterocycles. The van der Waals surface area contributed by atoms with Crippen molar-refractivity contribution in [3.05, 3.63) is 35.6 Å². The fourth-order valence-electron chi connectivity index (χ4n) is 2.12. The van der Waals surface area contributed by atoms with E-state index in [1.807, 2.05) is 13.8 Å². The van der Waals surface area contributed by atoms with Crippen molar-refractivity contribution in [2.75, 3.05) is 0 Å². The number of carbonyl (C=O) groups excluding carboxylic acids is 1. The van der Waals surface area contributed by atoms with E-state index in [9.17, 15) is 9.18 Å². The number of hydrogen-bond acceptors (Lipinski definition) is 1. The average molecular weight is 207 g/mol. The Labute approximate surface area is 88.5 Å². The van der Waals surface area contributed by atoms with Gasteiger partial charge in [0.15, 0.2) is 0 Å². The fraction of sp³-hybridized carbons (Fsp3) is 0.417. The molecule has 2 rings (SSSR count). The van der Waals surface area contributed by atoms with Crippen LogP contribution in [0.4, 0.5) is 4.39 Å². The van der Waals surface area contributed by atoms with Gasteiger partial charge in [0.2, 0.25) is 5.91 Å². The number of amides is 1. The third-order valence-corrected chi connectivity index (χ3v) is 3.36. The van der Waals surface area contributed by atoms with Gasteiger partial charge in [0, 0.05) is 17.9 Å². The normalized spacial score (nSPS) is 30.3. The highest BCUT2D eigenvalue weighted by molar-refractivity contribution is 5.81. The van der Waals surface area contributed by atoms with Crippen LogP contribution in [-0.2, 0) is 10.2 Å². The van der Waals surface area contributed by atoms with Crippen LogP contribution in [0, 0.1) is 5.82 Å². The van der Waals surface area contributed by atoms with Crippen molar-refractivity contribution in [2.45, 2.75) is 31.7 Å². The van der Waals surface area contributed by atoms with E-state index in [2.05, 4.69) is 5.32 Å². The quantitative estimate of drug-likeness (QED) is 0.749. The highest BCUT2D eigenvalue weighted by Crippen LogP contribution is 2.35. The van der Waals surface area contributed by atoms with Gasteiger partial charge in [-0.1, -0.05) is 19.1 Å². The zero-order chi connectivity index (χ0) is 11.1. The minimum Gasteiger partial charge on any atom is -0.353 e. The van der Waals surface area contributed by atoms with Gasteiger partial charge >= 0.3 is 0 Å². The summed E-state index contributed by atoms with van der Waals surface area (Å²) in [5.41, 5.74) is 0.792. The van der Waals surface area contributed by atoms with E-state index >= 15 is 0 Å². The molecule has 2 unspecified atom stereocenters. The standard InChI is InChI=1S/C12H14FNO/c1-8-12(2,7-11(15)14-8)9-3-5-10(13)6-4-9/h3-6,8H,7H2,1-2H3,(H,14,15). The topological polar surface area (TPSA) is 29.1 Å². The molecule has 1 aliphatic rings. The van der Waals surface area contributed by atoms with Crippen LogP contribution >= 0.6 is 0 Å². The highest BCUT2D eigenvalue weighted by Gasteiger charge is 2.41. The molecule has 0 radical (unpaired) electrons. The molecule has 1 heterocycles. The molecule has 0 aromatic heterocycles. The molecule has 80 valence electrons. The second-order valence-electron chi connectivity index (χ2n) is 4.39. The summed E-state index contributed by atoms with van der Waals surface area (Å²) in [5.74, 6) is -0.179. The van der Waals surface area contributed by atoms with Gasteiger partial charge in [-0.25, -0.2) is 4.39 Å². The van der Waals surface area contributed by atoms with Crippen LogP contribution in [0.25, 0.3) is 0 Å². The Hall–Kier alpha value is -1.38. The molecular formula is C12H14FNO. The molecule has 1 fully saturated rings. The predicted octanol–water partition coefficient (Wildman–Crippen LogP) is 1.99. The summed E-state index contributed by atoms with van der Waals surface area (Å²) in [6.45, 7) is 4.01. The van der Waals surface area contributed by atoms with Crippen LogP contribution in [-0.4, -0.2) is 11.9 Å². The Morgan fingerprint density at radius 1 is 1.40 bits per heavy atom. The molecule has 0 spiro atoms. The van der Waals surface area contributed by atoms with Gasteiger partial charge in [-0.05, 0) is 24.6 Å². The highest BCUT2D eigenvalue weighted by atomic mass is 19.1. The summed E-state index contributed by atoms with van der Waals surface area (Å²) in [6, 6.07) is 6.49. The third kappa shape index (κ3) is 1.62. The monoisotopic (exact) mass is 207 g/mol. The van der Waals surface area contributed by atoms with Gasteiger partial charge in [0.05, 0.1) is 0 Å². The van der Waals surface area contributed by atoms with Crippen LogP contribution in [0.2, 0.25) is 0 Å². The summed E-state index contributed by atoms with van der Waals surface area (Å²) in [6.07, 6.45) is 0.472. The molecule has 1 aliphatic heterocycles. The maximum absolute atomic E-state index is 12.8. The molecule has 0 bridgehead atoms. The van der Waals surface area contributed by atoms with Crippen molar-refractivity contribution in [1.29, 1.82) is 0 Å². The molecule has 1 amide bonds. The Kier molecular flexibility index (Phi) is 2.25. The molecule has 1 aromatic rings. The predicted molar refractivity (Wildman–Crippen MR) is 56.0 cm³/mol. The summed E-state index contributed by atoms with van der Waals surface area (Å²) in [4.78, 5) is 11.3. The molecule has 1 aromatic carbocycles. The Morgan fingerprint density at radius 2 is 2.00 bits per heavy atom. The molecule has 15 heavy (non-hydrogen) atoms.